The molecule has 0 bridgehead atoms. The number of amides is 1. The zero-order valence-electron chi connectivity index (χ0n) is 11.1. The molecule has 0 unspecified atom stereocenters. The second-order valence-electron chi connectivity index (χ2n) is 5.57. The lowest BCUT2D eigenvalue weighted by atomic mass is 10.1. The summed E-state index contributed by atoms with van der Waals surface area (Å²) in [7, 11) is 0. The molecule has 1 aliphatic rings. The third kappa shape index (κ3) is 2.50. The van der Waals surface area contributed by atoms with Gasteiger partial charge in [0.2, 0.25) is 5.91 Å². The number of carbonyl (C=O) groups excluding carboxylic acids is 1. The van der Waals surface area contributed by atoms with Crippen molar-refractivity contribution in [3.8, 4) is 0 Å². The van der Waals surface area contributed by atoms with Gasteiger partial charge < -0.3 is 10.4 Å². The highest BCUT2D eigenvalue weighted by atomic mass is 19.1. The number of benzene rings is 1. The third-order valence-electron chi connectivity index (χ3n) is 3.84. The third-order valence-corrected chi connectivity index (χ3v) is 3.84. The maximum Gasteiger partial charge on any atom is 0.307 e. The van der Waals surface area contributed by atoms with E-state index in [9.17, 15) is 18.4 Å². The highest BCUT2D eigenvalue weighted by Gasteiger charge is 2.65. The molecule has 1 aromatic rings. The standard InChI is InChI=1S/C14H15F2NO3/c1-14(2)10(11(14)13(19)20)12(18)17-6-7-5-8(15)3-4-9(7)16/h3-5,10-11H,6H2,1-2H3,(H,17,18)(H,19,20)/t10-,11+/m1/s1. The van der Waals surface area contributed by atoms with Crippen LogP contribution in [0, 0.1) is 28.9 Å². The van der Waals surface area contributed by atoms with Crippen LogP contribution in [-0.2, 0) is 16.1 Å². The van der Waals surface area contributed by atoms with E-state index in [0.717, 1.165) is 18.2 Å². The first-order valence-electron chi connectivity index (χ1n) is 6.19. The van der Waals surface area contributed by atoms with Crippen LogP contribution in [0.1, 0.15) is 19.4 Å². The molecular formula is C14H15F2NO3. The molecule has 2 N–H and O–H groups in total. The molecule has 0 spiro atoms. The summed E-state index contributed by atoms with van der Waals surface area (Å²) in [6.45, 7) is 3.22. The van der Waals surface area contributed by atoms with Gasteiger partial charge in [0, 0.05) is 12.1 Å². The summed E-state index contributed by atoms with van der Waals surface area (Å²) < 4.78 is 26.4. The molecular weight excluding hydrogens is 268 g/mol. The second-order valence-corrected chi connectivity index (χ2v) is 5.57. The molecule has 1 amide bonds. The summed E-state index contributed by atoms with van der Waals surface area (Å²) in [6, 6.07) is 2.98. The molecule has 0 aromatic heterocycles. The van der Waals surface area contributed by atoms with Gasteiger partial charge in [-0.15, -0.1) is 0 Å². The molecule has 1 aromatic carbocycles. The number of halogens is 2. The molecule has 0 radical (unpaired) electrons. The largest absolute Gasteiger partial charge is 0.481 e. The van der Waals surface area contributed by atoms with E-state index in [1.54, 1.807) is 13.8 Å². The Kier molecular flexibility index (Phi) is 3.50. The zero-order valence-corrected chi connectivity index (χ0v) is 11.1. The Morgan fingerprint density at radius 1 is 1.30 bits per heavy atom. The molecule has 0 heterocycles. The topological polar surface area (TPSA) is 66.4 Å². The molecule has 4 nitrogen and oxygen atoms in total. The van der Waals surface area contributed by atoms with Gasteiger partial charge in [-0.1, -0.05) is 13.8 Å². The molecule has 2 rings (SSSR count). The Morgan fingerprint density at radius 3 is 2.50 bits per heavy atom. The van der Waals surface area contributed by atoms with Gasteiger partial charge in [-0.3, -0.25) is 9.59 Å². The first kappa shape index (κ1) is 14.4. The number of carboxylic acid groups (broad SMARTS) is 1. The quantitative estimate of drug-likeness (QED) is 0.887. The Bertz CT molecular complexity index is 572. The SMILES string of the molecule is CC1(C)[C@H](C(=O)O)[C@@H]1C(=O)NCc1cc(F)ccc1F. The molecule has 20 heavy (non-hydrogen) atoms. The second kappa shape index (κ2) is 4.85. The highest BCUT2D eigenvalue weighted by molar-refractivity contribution is 5.91. The van der Waals surface area contributed by atoms with Crippen LogP contribution in [0.15, 0.2) is 18.2 Å². The van der Waals surface area contributed by atoms with Gasteiger partial charge >= 0.3 is 5.97 Å². The van der Waals surface area contributed by atoms with Crippen LogP contribution >= 0.6 is 0 Å². The van der Waals surface area contributed by atoms with Gasteiger partial charge in [-0.2, -0.15) is 0 Å². The normalized spacial score (nSPS) is 23.2. The monoisotopic (exact) mass is 283 g/mol. The number of carbonyl (C=O) groups is 2. The van der Waals surface area contributed by atoms with Crippen molar-refractivity contribution in [2.45, 2.75) is 20.4 Å². The Morgan fingerprint density at radius 2 is 1.95 bits per heavy atom. The van der Waals surface area contributed by atoms with Gasteiger partial charge in [-0.25, -0.2) is 8.78 Å². The van der Waals surface area contributed by atoms with Crippen LogP contribution in [0.25, 0.3) is 0 Å². The average Bonchev–Trinajstić information content (AvgIpc) is 2.93. The predicted molar refractivity (Wildman–Crippen MR) is 66.6 cm³/mol. The van der Waals surface area contributed by atoms with E-state index in [2.05, 4.69) is 5.32 Å². The van der Waals surface area contributed by atoms with Crippen LogP contribution < -0.4 is 5.32 Å². The highest BCUT2D eigenvalue weighted by Crippen LogP contribution is 2.58. The summed E-state index contributed by atoms with van der Waals surface area (Å²) in [5.74, 6) is -4.06. The molecule has 6 heteroatoms. The number of carboxylic acids is 1. The van der Waals surface area contributed by atoms with E-state index in [1.165, 1.54) is 0 Å². The predicted octanol–water partition coefficient (Wildman–Crippen LogP) is 1.94. The molecule has 0 aliphatic heterocycles. The molecule has 0 saturated heterocycles. The lowest BCUT2D eigenvalue weighted by Gasteiger charge is -2.07. The van der Waals surface area contributed by atoms with Crippen LogP contribution in [-0.4, -0.2) is 17.0 Å². The molecule has 1 fully saturated rings. The molecule has 2 atom stereocenters. The Labute approximate surface area is 114 Å². The Balaban J connectivity index is 2.00. The maximum absolute atomic E-state index is 13.4. The van der Waals surface area contributed by atoms with Gasteiger partial charge in [-0.05, 0) is 23.6 Å². The van der Waals surface area contributed by atoms with E-state index in [1.807, 2.05) is 0 Å². The van der Waals surface area contributed by atoms with Gasteiger partial charge in [0.05, 0.1) is 11.8 Å². The van der Waals surface area contributed by atoms with E-state index in [-0.39, 0.29) is 12.1 Å². The van der Waals surface area contributed by atoms with Crippen molar-refractivity contribution in [3.63, 3.8) is 0 Å². The van der Waals surface area contributed by atoms with Gasteiger partial charge in [0.25, 0.3) is 0 Å². The van der Waals surface area contributed by atoms with Crippen molar-refractivity contribution in [2.24, 2.45) is 17.3 Å². The maximum atomic E-state index is 13.4. The minimum Gasteiger partial charge on any atom is -0.481 e. The molecule has 1 saturated carbocycles. The van der Waals surface area contributed by atoms with Crippen LogP contribution in [0.4, 0.5) is 8.78 Å². The first-order valence-corrected chi connectivity index (χ1v) is 6.19. The van der Waals surface area contributed by atoms with Crippen molar-refractivity contribution in [3.05, 3.63) is 35.4 Å². The lowest BCUT2D eigenvalue weighted by molar-refractivity contribution is -0.140. The van der Waals surface area contributed by atoms with Crippen LogP contribution in [0.3, 0.4) is 0 Å². The fourth-order valence-corrected chi connectivity index (χ4v) is 2.56. The summed E-state index contributed by atoms with van der Waals surface area (Å²) in [6.07, 6.45) is 0. The number of rotatable bonds is 4. The summed E-state index contributed by atoms with van der Waals surface area (Å²) in [4.78, 5) is 22.9. The zero-order chi connectivity index (χ0) is 15.1. The van der Waals surface area contributed by atoms with Gasteiger partial charge in [0.1, 0.15) is 11.6 Å². The van der Waals surface area contributed by atoms with E-state index >= 15 is 0 Å². The molecule has 108 valence electrons. The van der Waals surface area contributed by atoms with Crippen LogP contribution in [0.5, 0.6) is 0 Å². The smallest absolute Gasteiger partial charge is 0.307 e. The fourth-order valence-electron chi connectivity index (χ4n) is 2.56. The number of nitrogens with one attached hydrogen (secondary N) is 1. The number of hydrogen-bond donors (Lipinski definition) is 2. The number of aliphatic carboxylic acids is 1. The summed E-state index contributed by atoms with van der Waals surface area (Å²) in [5.41, 5.74) is -0.583. The van der Waals surface area contributed by atoms with Crippen molar-refractivity contribution < 1.29 is 23.5 Å². The van der Waals surface area contributed by atoms with Crippen molar-refractivity contribution in [1.29, 1.82) is 0 Å². The van der Waals surface area contributed by atoms with E-state index in [4.69, 9.17) is 5.11 Å². The van der Waals surface area contributed by atoms with E-state index < -0.39 is 40.8 Å². The number of hydrogen-bond acceptors (Lipinski definition) is 2. The minimum atomic E-state index is -1.02. The first-order chi connectivity index (χ1) is 9.25. The lowest BCUT2D eigenvalue weighted by Crippen LogP contribution is -2.27. The Hall–Kier alpha value is -1.98. The van der Waals surface area contributed by atoms with Crippen molar-refractivity contribution in [1.82, 2.24) is 5.32 Å². The van der Waals surface area contributed by atoms with Gasteiger partial charge in [0.15, 0.2) is 0 Å². The minimum absolute atomic E-state index is 0.0312. The summed E-state index contributed by atoms with van der Waals surface area (Å²) in [5, 5.41) is 11.4. The van der Waals surface area contributed by atoms with Crippen molar-refractivity contribution in [2.75, 3.05) is 0 Å². The van der Waals surface area contributed by atoms with E-state index in [0.29, 0.717) is 0 Å². The fraction of sp³-hybridized carbons (Fsp3) is 0.429. The summed E-state index contributed by atoms with van der Waals surface area (Å²) >= 11 is 0. The van der Waals surface area contributed by atoms with Crippen molar-refractivity contribution >= 4 is 11.9 Å². The average molecular weight is 283 g/mol. The van der Waals surface area contributed by atoms with Crippen LogP contribution in [0.2, 0.25) is 0 Å². The molecule has 1 aliphatic carbocycles.